The average molecular weight is 720 g/mol. The zero-order chi connectivity index (χ0) is 36.2. The first-order valence-corrected chi connectivity index (χ1v) is 17.7. The molecule has 12 nitrogen and oxygen atoms in total. The van der Waals surface area contributed by atoms with Gasteiger partial charge in [-0.25, -0.2) is 22.8 Å². The maximum atomic E-state index is 17.3. The minimum absolute atomic E-state index is 0.0210. The fourth-order valence-electron chi connectivity index (χ4n) is 8.57. The highest BCUT2D eigenvalue weighted by Crippen LogP contribution is 2.42. The topological polar surface area (TPSA) is 131 Å². The number of halogens is 3. The molecular formula is C37H40F3N7O5. The van der Waals surface area contributed by atoms with E-state index in [9.17, 15) is 14.0 Å². The van der Waals surface area contributed by atoms with E-state index in [2.05, 4.69) is 25.5 Å². The normalized spacial score (nSPS) is 24.8. The number of nitrogens with zero attached hydrogens (tertiary/aromatic N) is 5. The van der Waals surface area contributed by atoms with Crippen LogP contribution in [0.3, 0.4) is 0 Å². The Morgan fingerprint density at radius 1 is 1.15 bits per heavy atom. The average Bonchev–Trinajstić information content (AvgIpc) is 3.64. The van der Waals surface area contributed by atoms with Crippen LogP contribution in [0.1, 0.15) is 51.0 Å². The Labute approximate surface area is 298 Å². The Morgan fingerprint density at radius 2 is 2.00 bits per heavy atom. The minimum atomic E-state index is -0.960. The van der Waals surface area contributed by atoms with Gasteiger partial charge in [0.05, 0.1) is 30.2 Å². The molecule has 2 N–H and O–H groups in total. The molecule has 2 amide bonds. The van der Waals surface area contributed by atoms with E-state index >= 15 is 8.78 Å². The van der Waals surface area contributed by atoms with Crippen molar-refractivity contribution in [2.24, 2.45) is 0 Å². The number of benzene rings is 2. The highest BCUT2D eigenvalue weighted by molar-refractivity contribution is 6.04. The van der Waals surface area contributed by atoms with Gasteiger partial charge in [-0.1, -0.05) is 6.07 Å². The Kier molecular flexibility index (Phi) is 8.71. The second-order valence-corrected chi connectivity index (χ2v) is 14.6. The highest BCUT2D eigenvalue weighted by Gasteiger charge is 2.49. The molecule has 7 heterocycles. The van der Waals surface area contributed by atoms with E-state index in [0.29, 0.717) is 60.9 Å². The number of fused-ring (bicyclic) bond motifs is 7. The zero-order valence-electron chi connectivity index (χ0n) is 29.1. The second kappa shape index (κ2) is 13.2. The molecule has 4 aromatic rings. The summed E-state index contributed by atoms with van der Waals surface area (Å²) in [5.74, 6) is -0.941. The number of piperidine rings is 1. The van der Waals surface area contributed by atoms with E-state index in [4.69, 9.17) is 19.2 Å². The van der Waals surface area contributed by atoms with Crippen LogP contribution in [-0.2, 0) is 15.9 Å². The third kappa shape index (κ3) is 6.18. The number of alkyl carbamates (subject to hydrolysis) is 1. The number of rotatable bonds is 4. The fourth-order valence-corrected chi connectivity index (χ4v) is 8.57. The summed E-state index contributed by atoms with van der Waals surface area (Å²) in [6, 6.07) is 5.94. The van der Waals surface area contributed by atoms with Crippen LogP contribution in [0.15, 0.2) is 30.5 Å². The van der Waals surface area contributed by atoms with Crippen molar-refractivity contribution in [3.63, 3.8) is 0 Å². The van der Waals surface area contributed by atoms with Crippen LogP contribution >= 0.6 is 0 Å². The van der Waals surface area contributed by atoms with E-state index < -0.39 is 41.1 Å². The lowest BCUT2D eigenvalue weighted by Crippen LogP contribution is -2.57. The van der Waals surface area contributed by atoms with Gasteiger partial charge in [-0.2, -0.15) is 9.97 Å². The van der Waals surface area contributed by atoms with Crippen molar-refractivity contribution in [3.05, 3.63) is 47.7 Å². The third-order valence-corrected chi connectivity index (χ3v) is 10.9. The summed E-state index contributed by atoms with van der Waals surface area (Å²) in [7, 11) is 1.23. The van der Waals surface area contributed by atoms with E-state index in [-0.39, 0.29) is 60.1 Å². The smallest absolute Gasteiger partial charge is 0.411 e. The second-order valence-electron chi connectivity index (χ2n) is 14.6. The molecule has 3 saturated heterocycles. The number of alkyl halides is 1. The predicted molar refractivity (Wildman–Crippen MR) is 187 cm³/mol. The van der Waals surface area contributed by atoms with Crippen LogP contribution in [-0.4, -0.2) is 95.8 Å². The molecule has 0 radical (unpaired) electrons. The Hall–Kier alpha value is -4.92. The summed E-state index contributed by atoms with van der Waals surface area (Å²) in [5.41, 5.74) is -0.624. The number of nitrogens with one attached hydrogen (secondary N) is 2. The van der Waals surface area contributed by atoms with Gasteiger partial charge < -0.3 is 24.4 Å². The maximum absolute atomic E-state index is 17.3. The summed E-state index contributed by atoms with van der Waals surface area (Å²) in [6.07, 6.45) is 3.03. The lowest BCUT2D eigenvalue weighted by Gasteiger charge is -2.41. The molecule has 0 aliphatic carbocycles. The monoisotopic (exact) mass is 719 g/mol. The molecule has 9 rings (SSSR count). The van der Waals surface area contributed by atoms with Crippen LogP contribution in [0.25, 0.3) is 32.9 Å². The van der Waals surface area contributed by atoms with Crippen molar-refractivity contribution in [1.82, 2.24) is 25.2 Å². The molecule has 15 heteroatoms. The van der Waals surface area contributed by atoms with E-state index in [1.54, 1.807) is 12.1 Å². The van der Waals surface area contributed by atoms with Gasteiger partial charge in [0.2, 0.25) is 0 Å². The summed E-state index contributed by atoms with van der Waals surface area (Å²) in [4.78, 5) is 43.4. The van der Waals surface area contributed by atoms with Crippen molar-refractivity contribution in [3.8, 4) is 17.3 Å². The summed E-state index contributed by atoms with van der Waals surface area (Å²) >= 11 is 0. The highest BCUT2D eigenvalue weighted by atomic mass is 19.1. The molecule has 5 aliphatic heterocycles. The van der Waals surface area contributed by atoms with E-state index in [1.807, 2.05) is 11.8 Å². The Balaban J connectivity index is 1.32. The van der Waals surface area contributed by atoms with Crippen LogP contribution in [0.2, 0.25) is 0 Å². The van der Waals surface area contributed by atoms with Crippen LogP contribution in [0, 0.1) is 11.6 Å². The molecule has 0 spiro atoms. The molecule has 0 saturated carbocycles. The SMILES string of the molecule is COC(=O)Nc1cc2c3c(c(F)ccc3c1)CCCOC(=O)N[C@]1(C)CCCN(C1)c1nc(OC[C@@]34CCCN3C[C@H](F)C4)nc3c(F)c-2ncc13. The van der Waals surface area contributed by atoms with Crippen molar-refractivity contribution < 1.29 is 37.0 Å². The number of hydrogen-bond acceptors (Lipinski definition) is 10. The number of pyridine rings is 1. The van der Waals surface area contributed by atoms with Crippen LogP contribution in [0.4, 0.5) is 34.3 Å². The standard InChI is InChI=1S/C37H40F3N7O5/c1-36-9-4-11-46(19-36)32-26-17-41-30(29(40)31(26)43-33(44-32)52-20-37-10-5-12-47(37)18-22(38)16-37)25-15-23(42-34(48)50-2)14-21-7-8-27(39)24(28(21)25)6-3-13-51-35(49)45-36/h7-8,14-15,17,22H,3-6,9-13,16,18-20H2,1-2H3,(H,42,48)(H,45,49)/t22-,36-,37+/m1/s1. The third-order valence-electron chi connectivity index (χ3n) is 10.9. The van der Waals surface area contributed by atoms with E-state index in [1.165, 1.54) is 25.4 Å². The Morgan fingerprint density at radius 3 is 2.85 bits per heavy atom. The number of carbonyl (C=O) groups is 2. The first-order chi connectivity index (χ1) is 25.0. The predicted octanol–water partition coefficient (Wildman–Crippen LogP) is 6.29. The van der Waals surface area contributed by atoms with Gasteiger partial charge >= 0.3 is 18.2 Å². The van der Waals surface area contributed by atoms with E-state index in [0.717, 1.165) is 19.4 Å². The quantitative estimate of drug-likeness (QED) is 0.248. The molecule has 6 bridgehead atoms. The van der Waals surface area contributed by atoms with Gasteiger partial charge in [0.1, 0.15) is 35.6 Å². The number of hydrogen-bond donors (Lipinski definition) is 2. The summed E-state index contributed by atoms with van der Waals surface area (Å²) in [5, 5.41) is 6.85. The maximum Gasteiger partial charge on any atom is 0.411 e. The van der Waals surface area contributed by atoms with Crippen molar-refractivity contribution in [2.45, 2.75) is 69.1 Å². The lowest BCUT2D eigenvalue weighted by molar-refractivity contribution is 0.107. The van der Waals surface area contributed by atoms with Gasteiger partial charge in [-0.15, -0.1) is 0 Å². The number of carbonyl (C=O) groups excluding carboxylic acids is 2. The molecule has 3 fully saturated rings. The number of aryl methyl sites for hydroxylation is 1. The van der Waals surface area contributed by atoms with Gasteiger partial charge in [0.25, 0.3) is 0 Å². The lowest BCUT2D eigenvalue weighted by atomic mass is 9.91. The van der Waals surface area contributed by atoms with Crippen molar-refractivity contribution in [1.29, 1.82) is 0 Å². The molecule has 274 valence electrons. The first-order valence-electron chi connectivity index (χ1n) is 17.7. The summed E-state index contributed by atoms with van der Waals surface area (Å²) in [6.45, 7) is 4.08. The van der Waals surface area contributed by atoms with Crippen LogP contribution < -0.4 is 20.3 Å². The number of ether oxygens (including phenoxy) is 3. The van der Waals surface area contributed by atoms with Gasteiger partial charge in [-0.05, 0) is 86.5 Å². The van der Waals surface area contributed by atoms with Gasteiger partial charge in [-0.3, -0.25) is 15.2 Å². The largest absolute Gasteiger partial charge is 0.461 e. The van der Waals surface area contributed by atoms with Gasteiger partial charge in [0, 0.05) is 43.5 Å². The van der Waals surface area contributed by atoms with Gasteiger partial charge in [0.15, 0.2) is 5.82 Å². The number of methoxy groups -OCH3 is 1. The van der Waals surface area contributed by atoms with Crippen molar-refractivity contribution in [2.75, 3.05) is 56.7 Å². The fraction of sp³-hybridized carbons (Fsp3) is 0.486. The molecular weight excluding hydrogens is 679 g/mol. The molecule has 0 unspecified atom stereocenters. The zero-order valence-corrected chi connectivity index (χ0v) is 29.1. The number of aromatic nitrogens is 3. The molecule has 2 aromatic heterocycles. The Bertz CT molecular complexity index is 2090. The first kappa shape index (κ1) is 34.2. The number of amides is 2. The van der Waals surface area contributed by atoms with Crippen LogP contribution in [0.5, 0.6) is 6.01 Å². The molecule has 2 aromatic carbocycles. The van der Waals surface area contributed by atoms with Crippen molar-refractivity contribution >= 4 is 45.4 Å². The molecule has 5 aliphatic rings. The molecule has 3 atom stereocenters. The molecule has 52 heavy (non-hydrogen) atoms. The number of anilines is 2. The minimum Gasteiger partial charge on any atom is -0.461 e. The summed E-state index contributed by atoms with van der Waals surface area (Å²) < 4.78 is 64.2.